The lowest BCUT2D eigenvalue weighted by Crippen LogP contribution is -2.44. The van der Waals surface area contributed by atoms with Crippen molar-refractivity contribution < 1.29 is 14.4 Å². The van der Waals surface area contributed by atoms with E-state index in [0.717, 1.165) is 19.3 Å². The van der Waals surface area contributed by atoms with E-state index in [9.17, 15) is 14.4 Å². The predicted molar refractivity (Wildman–Crippen MR) is 79.5 cm³/mol. The van der Waals surface area contributed by atoms with Crippen molar-refractivity contribution in [1.29, 1.82) is 0 Å². The standard InChI is InChI=1S/C12H20N3O3P2/c16-10-4-1-7-13(10)20(19,14-8-2-5-11(14)17)15-9-3-6-12(15)18/h1-9,19H2/q+1. The molecule has 8 heteroatoms. The molecule has 3 fully saturated rings. The second-order valence-corrected chi connectivity index (χ2v) is 10.2. The Morgan fingerprint density at radius 2 is 1.00 bits per heavy atom. The lowest BCUT2D eigenvalue weighted by Gasteiger charge is -2.40. The Labute approximate surface area is 121 Å². The van der Waals surface area contributed by atoms with Gasteiger partial charge in [0.1, 0.15) is 8.93 Å². The molecule has 0 spiro atoms. The largest absolute Gasteiger partial charge is 0.314 e. The van der Waals surface area contributed by atoms with E-state index >= 15 is 0 Å². The first kappa shape index (κ1) is 14.2. The summed E-state index contributed by atoms with van der Waals surface area (Å²) in [5.74, 6) is 0.230. The van der Waals surface area contributed by atoms with Crippen molar-refractivity contribution in [3.63, 3.8) is 0 Å². The summed E-state index contributed by atoms with van der Waals surface area (Å²) >= 11 is 0. The van der Waals surface area contributed by atoms with Crippen LogP contribution in [-0.2, 0) is 14.4 Å². The topological polar surface area (TPSA) is 60.9 Å². The van der Waals surface area contributed by atoms with Gasteiger partial charge in [0.25, 0.3) is 17.7 Å². The average molecular weight is 316 g/mol. The van der Waals surface area contributed by atoms with Crippen LogP contribution in [0.3, 0.4) is 0 Å². The molecular weight excluding hydrogens is 296 g/mol. The Kier molecular flexibility index (Phi) is 3.72. The van der Waals surface area contributed by atoms with Crippen LogP contribution in [0.5, 0.6) is 0 Å². The van der Waals surface area contributed by atoms with Crippen LogP contribution < -0.4 is 0 Å². The predicted octanol–water partition coefficient (Wildman–Crippen LogP) is 1.41. The Hall–Kier alpha value is -0.730. The zero-order valence-electron chi connectivity index (χ0n) is 11.5. The number of nitrogens with zero attached hydrogens (tertiary/aromatic N) is 3. The maximum absolute atomic E-state index is 12.2. The van der Waals surface area contributed by atoms with Gasteiger partial charge in [-0.1, -0.05) is 0 Å². The molecule has 3 heterocycles. The summed E-state index contributed by atoms with van der Waals surface area (Å²) in [7, 11) is 0.335. The normalized spacial score (nSPS) is 24.4. The van der Waals surface area contributed by atoms with Crippen LogP contribution in [0.15, 0.2) is 0 Å². The lowest BCUT2D eigenvalue weighted by atomic mass is 10.4. The third-order valence-electron chi connectivity index (χ3n) is 4.21. The Morgan fingerprint density at radius 1 is 0.700 bits per heavy atom. The van der Waals surface area contributed by atoms with E-state index in [1.165, 1.54) is 0 Å². The highest BCUT2D eigenvalue weighted by Gasteiger charge is 2.61. The van der Waals surface area contributed by atoms with Gasteiger partial charge >= 0.3 is 7.40 Å². The van der Waals surface area contributed by atoms with Gasteiger partial charge in [0, 0.05) is 19.3 Å². The fourth-order valence-corrected chi connectivity index (χ4v) is 8.80. The molecule has 1 atom stereocenters. The Balaban J connectivity index is 1.99. The second-order valence-electron chi connectivity index (χ2n) is 5.48. The van der Waals surface area contributed by atoms with Crippen molar-refractivity contribution >= 4 is 34.1 Å². The van der Waals surface area contributed by atoms with Crippen molar-refractivity contribution in [3.05, 3.63) is 0 Å². The summed E-state index contributed by atoms with van der Waals surface area (Å²) < 4.78 is 5.43. The fraction of sp³-hybridized carbons (Fsp3) is 0.750. The molecule has 0 saturated carbocycles. The van der Waals surface area contributed by atoms with Crippen LogP contribution in [-0.4, -0.2) is 51.4 Å². The summed E-state index contributed by atoms with van der Waals surface area (Å²) in [6, 6.07) is 0. The third-order valence-corrected chi connectivity index (χ3v) is 10.1. The minimum Gasteiger partial charge on any atom is -0.271 e. The van der Waals surface area contributed by atoms with Crippen molar-refractivity contribution in [3.8, 4) is 0 Å². The number of carbonyl (C=O) groups is 3. The van der Waals surface area contributed by atoms with Crippen LogP contribution in [0, 0.1) is 0 Å². The van der Waals surface area contributed by atoms with Gasteiger partial charge in [-0.05, 0) is 19.3 Å². The van der Waals surface area contributed by atoms with E-state index < -0.39 is 7.40 Å². The molecule has 0 bridgehead atoms. The SMILES string of the molecule is O=C1CCCN1[P+](P)(N1CCCC1=O)N1CCCC1=O. The van der Waals surface area contributed by atoms with Crippen LogP contribution in [0.1, 0.15) is 38.5 Å². The minimum atomic E-state index is -2.41. The summed E-state index contributed by atoms with van der Waals surface area (Å²) in [6.07, 6.45) is 4.04. The van der Waals surface area contributed by atoms with E-state index in [0.29, 0.717) is 38.9 Å². The van der Waals surface area contributed by atoms with Crippen molar-refractivity contribution in [1.82, 2.24) is 14.0 Å². The highest BCUT2D eigenvalue weighted by molar-refractivity contribution is 8.21. The summed E-state index contributed by atoms with van der Waals surface area (Å²) in [5.41, 5.74) is 0. The molecule has 3 aliphatic rings. The zero-order chi connectivity index (χ0) is 14.3. The maximum Gasteiger partial charge on any atom is 0.314 e. The average Bonchev–Trinajstić information content (AvgIpc) is 3.10. The molecule has 110 valence electrons. The van der Waals surface area contributed by atoms with Gasteiger partial charge in [-0.2, -0.15) is 14.0 Å². The van der Waals surface area contributed by atoms with E-state index in [2.05, 4.69) is 8.93 Å². The minimum absolute atomic E-state index is 0.0766. The molecule has 3 amide bonds. The first-order valence-electron chi connectivity index (χ1n) is 7.15. The highest BCUT2D eigenvalue weighted by atomic mass is 32.1. The molecule has 0 aromatic heterocycles. The highest BCUT2D eigenvalue weighted by Crippen LogP contribution is 2.76. The Bertz CT molecular complexity index is 406. The molecule has 0 aromatic rings. The summed E-state index contributed by atoms with van der Waals surface area (Å²) in [6.45, 7) is 1.97. The quantitative estimate of drug-likeness (QED) is 0.740. The van der Waals surface area contributed by atoms with Gasteiger partial charge in [0.05, 0.1) is 19.6 Å². The number of rotatable bonds is 3. The molecular formula is C12H20N3O3P2+. The number of carbonyl (C=O) groups excluding carboxylic acids is 3. The third kappa shape index (κ3) is 2.05. The van der Waals surface area contributed by atoms with Gasteiger partial charge in [-0.25, -0.2) is 0 Å². The van der Waals surface area contributed by atoms with Gasteiger partial charge in [-0.3, -0.25) is 14.4 Å². The molecule has 0 aliphatic carbocycles. The van der Waals surface area contributed by atoms with Gasteiger partial charge < -0.3 is 0 Å². The fourth-order valence-electron chi connectivity index (χ4n) is 3.23. The van der Waals surface area contributed by atoms with Crippen LogP contribution in [0.4, 0.5) is 0 Å². The van der Waals surface area contributed by atoms with Crippen LogP contribution in [0.2, 0.25) is 0 Å². The molecule has 0 aromatic carbocycles. The van der Waals surface area contributed by atoms with E-state index in [1.807, 2.05) is 14.0 Å². The zero-order valence-corrected chi connectivity index (χ0v) is 13.5. The second kappa shape index (κ2) is 5.23. The first-order valence-corrected chi connectivity index (χ1v) is 10.4. The summed E-state index contributed by atoms with van der Waals surface area (Å²) in [4.78, 5) is 36.6. The smallest absolute Gasteiger partial charge is 0.271 e. The molecule has 3 saturated heterocycles. The number of amides is 3. The molecule has 0 radical (unpaired) electrons. The van der Waals surface area contributed by atoms with E-state index in [4.69, 9.17) is 0 Å². The monoisotopic (exact) mass is 316 g/mol. The molecule has 3 aliphatic heterocycles. The van der Waals surface area contributed by atoms with Crippen molar-refractivity contribution in [2.24, 2.45) is 0 Å². The van der Waals surface area contributed by atoms with Gasteiger partial charge in [0.2, 0.25) is 0 Å². The van der Waals surface area contributed by atoms with Gasteiger partial charge in [0.15, 0.2) is 0 Å². The van der Waals surface area contributed by atoms with Crippen LogP contribution in [0.25, 0.3) is 0 Å². The number of hydrogen-bond acceptors (Lipinski definition) is 3. The maximum atomic E-state index is 12.2. The molecule has 20 heavy (non-hydrogen) atoms. The lowest BCUT2D eigenvalue weighted by molar-refractivity contribution is -0.126. The van der Waals surface area contributed by atoms with E-state index in [1.54, 1.807) is 0 Å². The van der Waals surface area contributed by atoms with Gasteiger partial charge in [-0.15, -0.1) is 0 Å². The molecule has 1 unspecified atom stereocenters. The van der Waals surface area contributed by atoms with Crippen LogP contribution >= 0.6 is 16.3 Å². The molecule has 3 rings (SSSR count). The molecule has 0 N–H and O–H groups in total. The van der Waals surface area contributed by atoms with Crippen molar-refractivity contribution in [2.45, 2.75) is 38.5 Å². The molecule has 6 nitrogen and oxygen atoms in total. The Morgan fingerprint density at radius 3 is 1.20 bits per heavy atom. The number of hydrogen-bond donors (Lipinski definition) is 0. The first-order chi connectivity index (χ1) is 9.55. The van der Waals surface area contributed by atoms with E-state index in [-0.39, 0.29) is 17.7 Å². The van der Waals surface area contributed by atoms with Crippen molar-refractivity contribution in [2.75, 3.05) is 19.6 Å². The summed E-state index contributed by atoms with van der Waals surface area (Å²) in [5, 5.41) is 0.